The smallest absolute Gasteiger partial charge is 0.126 e. The second-order valence-electron chi connectivity index (χ2n) is 2.73. The molecule has 0 saturated carbocycles. The van der Waals surface area contributed by atoms with Crippen LogP contribution in [0.3, 0.4) is 0 Å². The molecule has 2 aromatic rings. The summed E-state index contributed by atoms with van der Waals surface area (Å²) in [5, 5.41) is 0. The Kier molecular flexibility index (Phi) is 3.58. The molecule has 2 rings (SSSR count). The normalized spacial score (nSPS) is 9.08. The number of Topliss-reactive ketones (excluding diaryl/α,β-unsaturated/α-hetero) is 1. The Bertz CT molecular complexity index is 360. The number of hydrogen-bond acceptors (Lipinski definition) is 3. The Morgan fingerprint density at radius 2 is 1.92 bits per heavy atom. The molecule has 0 N–H and O–H groups in total. The highest BCUT2D eigenvalue weighted by molar-refractivity contribution is 7.16. The second kappa shape index (κ2) is 4.72. The van der Waals surface area contributed by atoms with Gasteiger partial charge in [-0.1, -0.05) is 12.1 Å². The fourth-order valence-corrected chi connectivity index (χ4v) is 1.48. The summed E-state index contributed by atoms with van der Waals surface area (Å²) in [5.74, 6) is 0.167. The molecule has 1 heterocycles. The number of nitrogens with zero attached hydrogens (tertiary/aromatic N) is 1. The zero-order valence-electron chi connectivity index (χ0n) is 7.65. The van der Waals surface area contributed by atoms with Gasteiger partial charge in [0.25, 0.3) is 0 Å². The Balaban J connectivity index is 0.000000184. The van der Waals surface area contributed by atoms with E-state index in [1.165, 1.54) is 18.5 Å². The summed E-state index contributed by atoms with van der Waals surface area (Å²) < 4.78 is 1.26. The fourth-order valence-electron chi connectivity index (χ4n) is 0.803. The first-order valence-electron chi connectivity index (χ1n) is 3.95. The van der Waals surface area contributed by atoms with Crippen LogP contribution in [0.1, 0.15) is 13.8 Å². The van der Waals surface area contributed by atoms with Crippen molar-refractivity contribution in [3.8, 4) is 0 Å². The van der Waals surface area contributed by atoms with Crippen LogP contribution < -0.4 is 0 Å². The van der Waals surface area contributed by atoms with Crippen LogP contribution in [-0.4, -0.2) is 10.8 Å². The van der Waals surface area contributed by atoms with Crippen molar-refractivity contribution in [3.05, 3.63) is 29.8 Å². The van der Waals surface area contributed by atoms with Crippen molar-refractivity contribution in [1.82, 2.24) is 4.98 Å². The molecular formula is C10H11NOS. The first-order chi connectivity index (χ1) is 6.20. The summed E-state index contributed by atoms with van der Waals surface area (Å²) in [6.07, 6.45) is 0. The van der Waals surface area contributed by atoms with Crippen LogP contribution in [0.5, 0.6) is 0 Å². The molecule has 0 radical (unpaired) electrons. The molecule has 0 amide bonds. The summed E-state index contributed by atoms with van der Waals surface area (Å²) in [6, 6.07) is 8.13. The van der Waals surface area contributed by atoms with Gasteiger partial charge in [0.1, 0.15) is 5.78 Å². The minimum atomic E-state index is 0.167. The molecule has 1 aromatic heterocycles. The van der Waals surface area contributed by atoms with Crippen LogP contribution in [0.4, 0.5) is 0 Å². The maximum atomic E-state index is 9.44. The number of rotatable bonds is 0. The van der Waals surface area contributed by atoms with E-state index in [1.807, 2.05) is 23.7 Å². The minimum absolute atomic E-state index is 0.167. The van der Waals surface area contributed by atoms with Crippen LogP contribution in [0.25, 0.3) is 10.2 Å². The molecule has 0 aliphatic carbocycles. The summed E-state index contributed by atoms with van der Waals surface area (Å²) >= 11 is 1.68. The van der Waals surface area contributed by atoms with Gasteiger partial charge in [-0.25, -0.2) is 4.98 Å². The molecule has 0 aliphatic rings. The lowest BCUT2D eigenvalue weighted by Crippen LogP contribution is -1.69. The van der Waals surface area contributed by atoms with E-state index >= 15 is 0 Å². The van der Waals surface area contributed by atoms with Crippen molar-refractivity contribution in [2.24, 2.45) is 0 Å². The van der Waals surface area contributed by atoms with Crippen LogP contribution >= 0.6 is 11.3 Å². The van der Waals surface area contributed by atoms with E-state index in [9.17, 15) is 4.79 Å². The molecule has 0 fully saturated rings. The molecule has 0 bridgehead atoms. The van der Waals surface area contributed by atoms with Crippen molar-refractivity contribution < 1.29 is 4.79 Å². The number of para-hydroxylation sites is 1. The topological polar surface area (TPSA) is 30.0 Å². The molecule has 2 nitrogen and oxygen atoms in total. The first kappa shape index (κ1) is 9.86. The molecule has 3 heteroatoms. The Morgan fingerprint density at radius 1 is 1.31 bits per heavy atom. The summed E-state index contributed by atoms with van der Waals surface area (Å²) in [5.41, 5.74) is 2.97. The van der Waals surface area contributed by atoms with Gasteiger partial charge in [0, 0.05) is 0 Å². The molecule has 0 aliphatic heterocycles. The molecule has 0 spiro atoms. The monoisotopic (exact) mass is 193 g/mol. The van der Waals surface area contributed by atoms with Crippen LogP contribution in [0, 0.1) is 0 Å². The highest BCUT2D eigenvalue weighted by atomic mass is 32.1. The van der Waals surface area contributed by atoms with Crippen LogP contribution in [0.15, 0.2) is 29.8 Å². The van der Waals surface area contributed by atoms with E-state index in [0.29, 0.717) is 0 Å². The second-order valence-corrected chi connectivity index (χ2v) is 3.61. The predicted molar refractivity (Wildman–Crippen MR) is 56.0 cm³/mol. The number of carbonyl (C=O) groups is 1. The lowest BCUT2D eigenvalue weighted by atomic mass is 10.3. The van der Waals surface area contributed by atoms with Gasteiger partial charge in [0.15, 0.2) is 0 Å². The maximum absolute atomic E-state index is 9.44. The standard InChI is InChI=1S/C7H5NS.C3H6O/c1-2-4-7-6(3-1)8-5-9-7;1-3(2)4/h1-5H;1-2H3. The third-order valence-electron chi connectivity index (χ3n) is 1.24. The predicted octanol–water partition coefficient (Wildman–Crippen LogP) is 2.89. The van der Waals surface area contributed by atoms with E-state index in [-0.39, 0.29) is 5.78 Å². The van der Waals surface area contributed by atoms with Crippen molar-refractivity contribution in [2.45, 2.75) is 13.8 Å². The number of carbonyl (C=O) groups excluding carboxylic acids is 1. The first-order valence-corrected chi connectivity index (χ1v) is 4.83. The third-order valence-corrected chi connectivity index (χ3v) is 2.05. The number of fused-ring (bicyclic) bond motifs is 1. The van der Waals surface area contributed by atoms with E-state index in [1.54, 1.807) is 11.3 Å². The Hall–Kier alpha value is -1.22. The average Bonchev–Trinajstić information content (AvgIpc) is 2.49. The number of benzene rings is 1. The van der Waals surface area contributed by atoms with Crippen molar-refractivity contribution in [3.63, 3.8) is 0 Å². The highest BCUT2D eigenvalue weighted by Crippen LogP contribution is 2.15. The summed E-state index contributed by atoms with van der Waals surface area (Å²) in [7, 11) is 0. The molecule has 0 saturated heterocycles. The molecule has 0 unspecified atom stereocenters. The van der Waals surface area contributed by atoms with E-state index in [0.717, 1.165) is 5.52 Å². The lowest BCUT2D eigenvalue weighted by molar-refractivity contribution is -0.114. The largest absolute Gasteiger partial charge is 0.300 e. The van der Waals surface area contributed by atoms with Gasteiger partial charge in [0.2, 0.25) is 0 Å². The Morgan fingerprint density at radius 3 is 2.54 bits per heavy atom. The zero-order chi connectivity index (χ0) is 9.68. The van der Waals surface area contributed by atoms with E-state index in [2.05, 4.69) is 11.1 Å². The van der Waals surface area contributed by atoms with Gasteiger partial charge >= 0.3 is 0 Å². The molecule has 68 valence electrons. The average molecular weight is 193 g/mol. The van der Waals surface area contributed by atoms with Gasteiger partial charge in [0.05, 0.1) is 15.7 Å². The van der Waals surface area contributed by atoms with Crippen molar-refractivity contribution in [2.75, 3.05) is 0 Å². The van der Waals surface area contributed by atoms with Crippen LogP contribution in [0.2, 0.25) is 0 Å². The van der Waals surface area contributed by atoms with Crippen LogP contribution in [-0.2, 0) is 4.79 Å². The molecule has 0 atom stereocenters. The van der Waals surface area contributed by atoms with Gasteiger partial charge in [-0.2, -0.15) is 0 Å². The van der Waals surface area contributed by atoms with Gasteiger partial charge in [-0.15, -0.1) is 11.3 Å². The number of ketones is 1. The SMILES string of the molecule is CC(C)=O.c1ccc2scnc2c1. The maximum Gasteiger partial charge on any atom is 0.126 e. The molecule has 1 aromatic carbocycles. The number of thiazole rings is 1. The minimum Gasteiger partial charge on any atom is -0.300 e. The van der Waals surface area contributed by atoms with E-state index in [4.69, 9.17) is 0 Å². The van der Waals surface area contributed by atoms with Gasteiger partial charge in [-0.05, 0) is 26.0 Å². The van der Waals surface area contributed by atoms with Crippen molar-refractivity contribution >= 4 is 27.3 Å². The number of aromatic nitrogens is 1. The molecule has 13 heavy (non-hydrogen) atoms. The zero-order valence-corrected chi connectivity index (χ0v) is 8.47. The fraction of sp³-hybridized carbons (Fsp3) is 0.200. The van der Waals surface area contributed by atoms with E-state index < -0.39 is 0 Å². The molecular weight excluding hydrogens is 182 g/mol. The highest BCUT2D eigenvalue weighted by Gasteiger charge is 1.89. The quantitative estimate of drug-likeness (QED) is 0.644. The summed E-state index contributed by atoms with van der Waals surface area (Å²) in [4.78, 5) is 13.6. The Labute approximate surface area is 81.2 Å². The third kappa shape index (κ3) is 3.34. The van der Waals surface area contributed by atoms with Gasteiger partial charge < -0.3 is 4.79 Å². The van der Waals surface area contributed by atoms with Gasteiger partial charge in [-0.3, -0.25) is 0 Å². The van der Waals surface area contributed by atoms with Crippen molar-refractivity contribution in [1.29, 1.82) is 0 Å². The number of hydrogen-bond donors (Lipinski definition) is 0. The summed E-state index contributed by atoms with van der Waals surface area (Å²) in [6.45, 7) is 3.06. The lowest BCUT2D eigenvalue weighted by Gasteiger charge is -1.80.